The van der Waals surface area contributed by atoms with Gasteiger partial charge in [-0.2, -0.15) is 7.05 Å². The normalized spacial score (nSPS) is 7.00. The van der Waals surface area contributed by atoms with Crippen molar-refractivity contribution in [2.45, 2.75) is 14.9 Å². The molecule has 0 spiro atoms. The third-order valence-corrected chi connectivity index (χ3v) is 0.773. The van der Waals surface area contributed by atoms with E-state index in [2.05, 4.69) is 18.9 Å². The third-order valence-electron chi connectivity index (χ3n) is 0.773. The first-order valence-electron chi connectivity index (χ1n) is 2.79. The molecule has 1 amide bonds. The number of nitrogens with one attached hydrogen (secondary N) is 1. The molecule has 0 aromatic carbocycles. The Labute approximate surface area is 69.9 Å². The minimum Gasteiger partial charge on any atom is -0.471 e. The van der Waals surface area contributed by atoms with Gasteiger partial charge in [-0.1, -0.05) is 20.9 Å². The molecule has 11 heavy (non-hydrogen) atoms. The highest BCUT2D eigenvalue weighted by Crippen LogP contribution is 1.59. The number of rotatable bonds is 4. The first kappa shape index (κ1) is 16.6. The van der Waals surface area contributed by atoms with Crippen molar-refractivity contribution >= 4 is 5.91 Å². The molecule has 0 aliphatic heterocycles. The highest BCUT2D eigenvalue weighted by atomic mass is 16.1. The van der Waals surface area contributed by atoms with Crippen molar-refractivity contribution in [1.29, 1.82) is 0 Å². The van der Waals surface area contributed by atoms with Crippen LogP contribution in [0.5, 0.6) is 0 Å². The lowest BCUT2D eigenvalue weighted by Gasteiger charge is -1.99. The molecule has 3 N–H and O–H groups in total. The second kappa shape index (κ2) is 11.9. The molecular formula is C8H20N2O. The maximum absolute atomic E-state index is 10.6. The van der Waals surface area contributed by atoms with E-state index < -0.39 is 0 Å². The van der Waals surface area contributed by atoms with Crippen LogP contribution in [0.3, 0.4) is 0 Å². The van der Waals surface area contributed by atoms with Crippen molar-refractivity contribution in [2.75, 3.05) is 13.1 Å². The standard InChI is InChI=1S/C6H12N2O.2CH4/c1-3-4-8-6(9)5-7-2;;/h3H,1-2,4-5,7H2,(H,8,9);2*1H4. The number of hydrogen-bond donors (Lipinski definition) is 2. The van der Waals surface area contributed by atoms with Gasteiger partial charge >= 0.3 is 0 Å². The highest BCUT2D eigenvalue weighted by Gasteiger charge is 1.94. The number of hydrogen-bond acceptors (Lipinski definition) is 1. The molecule has 0 atom stereocenters. The largest absolute Gasteiger partial charge is 0.471 e. The van der Waals surface area contributed by atoms with Crippen LogP contribution in [-0.2, 0) is 4.79 Å². The summed E-state index contributed by atoms with van der Waals surface area (Å²) in [6.45, 7) is 4.37. The second-order valence-corrected chi connectivity index (χ2v) is 1.59. The first-order valence-corrected chi connectivity index (χ1v) is 2.79. The Morgan fingerprint density at radius 1 is 1.64 bits per heavy atom. The average Bonchev–Trinajstić information content (AvgIpc) is 1.85. The monoisotopic (exact) mass is 160 g/mol. The summed E-state index contributed by atoms with van der Waals surface area (Å²) in [5.74, 6) is -0.00935. The van der Waals surface area contributed by atoms with E-state index in [1.807, 2.05) is 0 Å². The number of carbonyl (C=O) groups excluding carboxylic acids is 1. The van der Waals surface area contributed by atoms with Crippen LogP contribution in [-0.4, -0.2) is 19.0 Å². The van der Waals surface area contributed by atoms with E-state index in [0.717, 1.165) is 0 Å². The van der Waals surface area contributed by atoms with Gasteiger partial charge in [0.15, 0.2) is 0 Å². The minimum atomic E-state index is -0.00935. The molecule has 0 aliphatic rings. The summed E-state index contributed by atoms with van der Waals surface area (Å²) in [4.78, 5) is 10.6. The van der Waals surface area contributed by atoms with Crippen molar-refractivity contribution in [3.05, 3.63) is 19.7 Å². The Hall–Kier alpha value is -0.830. The summed E-state index contributed by atoms with van der Waals surface area (Å²) in [6.07, 6.45) is 1.64. The van der Waals surface area contributed by atoms with E-state index in [1.165, 1.54) is 0 Å². The van der Waals surface area contributed by atoms with Crippen molar-refractivity contribution in [1.82, 2.24) is 5.32 Å². The summed E-state index contributed by atoms with van der Waals surface area (Å²) in [5.41, 5.74) is 0. The molecule has 3 nitrogen and oxygen atoms in total. The molecule has 0 unspecified atom stereocenters. The molecule has 0 aliphatic carbocycles. The Morgan fingerprint density at radius 3 is 2.55 bits per heavy atom. The molecule has 0 bridgehead atoms. The molecule has 0 heterocycles. The fraction of sp³-hybridized carbons (Fsp3) is 0.500. The molecular weight excluding hydrogens is 140 g/mol. The summed E-state index contributed by atoms with van der Waals surface area (Å²) in [6, 6.07) is 0. The summed E-state index contributed by atoms with van der Waals surface area (Å²) < 4.78 is 0. The summed E-state index contributed by atoms with van der Waals surface area (Å²) >= 11 is 0. The summed E-state index contributed by atoms with van der Waals surface area (Å²) in [7, 11) is 3.42. The van der Waals surface area contributed by atoms with Gasteiger partial charge in [-0.05, 0) is 0 Å². The Balaban J connectivity index is -0.000000320. The number of quaternary nitrogens is 1. The fourth-order valence-electron chi connectivity index (χ4n) is 0.389. The molecule has 0 aromatic heterocycles. The summed E-state index contributed by atoms with van der Waals surface area (Å²) in [5, 5.41) is 4.17. The predicted octanol–water partition coefficient (Wildman–Crippen LogP) is -0.0842. The van der Waals surface area contributed by atoms with Crippen LogP contribution < -0.4 is 10.6 Å². The van der Waals surface area contributed by atoms with Crippen LogP contribution in [0.2, 0.25) is 0 Å². The van der Waals surface area contributed by atoms with Crippen LogP contribution in [0.25, 0.3) is 0 Å². The van der Waals surface area contributed by atoms with E-state index >= 15 is 0 Å². The zero-order valence-electron chi connectivity index (χ0n) is 5.39. The Morgan fingerprint density at radius 2 is 2.18 bits per heavy atom. The quantitative estimate of drug-likeness (QED) is 0.438. The van der Waals surface area contributed by atoms with E-state index in [9.17, 15) is 4.79 Å². The lowest BCUT2D eigenvalue weighted by Crippen LogP contribution is -2.79. The van der Waals surface area contributed by atoms with Gasteiger partial charge in [-0.3, -0.25) is 4.79 Å². The lowest BCUT2D eigenvalue weighted by molar-refractivity contribution is -0.583. The van der Waals surface area contributed by atoms with E-state index in [1.54, 1.807) is 11.4 Å². The molecule has 0 saturated heterocycles. The van der Waals surface area contributed by atoms with Crippen molar-refractivity contribution < 1.29 is 10.1 Å². The van der Waals surface area contributed by atoms with Crippen LogP contribution in [0.15, 0.2) is 12.7 Å². The lowest BCUT2D eigenvalue weighted by atomic mass is 10.5. The molecule has 0 aromatic rings. The first-order chi connectivity index (χ1) is 4.31. The molecule has 68 valence electrons. The molecule has 3 heteroatoms. The number of nitrogens with two attached hydrogens (primary N) is 1. The van der Waals surface area contributed by atoms with Crippen molar-refractivity contribution in [3.8, 4) is 0 Å². The SMILES string of the molecule is C.C.C=CCNC(=O)C[NH2+][CH2-]. The molecule has 0 saturated carbocycles. The van der Waals surface area contributed by atoms with Crippen molar-refractivity contribution in [3.63, 3.8) is 0 Å². The number of amides is 1. The van der Waals surface area contributed by atoms with Gasteiger partial charge in [-0.25, -0.2) is 0 Å². The zero-order chi connectivity index (χ0) is 7.11. The van der Waals surface area contributed by atoms with Gasteiger partial charge in [0.1, 0.15) is 6.54 Å². The molecule has 0 fully saturated rings. The van der Waals surface area contributed by atoms with Crippen LogP contribution >= 0.6 is 0 Å². The second-order valence-electron chi connectivity index (χ2n) is 1.59. The van der Waals surface area contributed by atoms with Crippen molar-refractivity contribution in [2.24, 2.45) is 0 Å². The number of carbonyl (C=O) groups is 1. The van der Waals surface area contributed by atoms with Gasteiger partial charge in [0.2, 0.25) is 0 Å². The highest BCUT2D eigenvalue weighted by molar-refractivity contribution is 5.76. The Bertz CT molecular complexity index is 102. The molecule has 0 rings (SSSR count). The fourth-order valence-corrected chi connectivity index (χ4v) is 0.389. The van der Waals surface area contributed by atoms with Gasteiger partial charge < -0.3 is 10.6 Å². The van der Waals surface area contributed by atoms with E-state index in [0.29, 0.717) is 13.1 Å². The van der Waals surface area contributed by atoms with Gasteiger partial charge in [-0.15, -0.1) is 6.58 Å². The predicted molar refractivity (Wildman–Crippen MR) is 48.8 cm³/mol. The maximum Gasteiger partial charge on any atom is 0.273 e. The zero-order valence-corrected chi connectivity index (χ0v) is 5.39. The van der Waals surface area contributed by atoms with Gasteiger partial charge in [0, 0.05) is 6.54 Å². The van der Waals surface area contributed by atoms with Crippen LogP contribution in [0.4, 0.5) is 0 Å². The van der Waals surface area contributed by atoms with E-state index in [-0.39, 0.29) is 20.8 Å². The van der Waals surface area contributed by atoms with Gasteiger partial charge in [0.05, 0.1) is 0 Å². The topological polar surface area (TPSA) is 45.7 Å². The van der Waals surface area contributed by atoms with E-state index in [4.69, 9.17) is 0 Å². The smallest absolute Gasteiger partial charge is 0.273 e. The van der Waals surface area contributed by atoms with Crippen LogP contribution in [0, 0.1) is 7.05 Å². The Kier molecular flexibility index (Phi) is 18.0. The minimum absolute atomic E-state index is 0. The molecule has 0 radical (unpaired) electrons. The maximum atomic E-state index is 10.6. The van der Waals surface area contributed by atoms with Crippen LogP contribution in [0.1, 0.15) is 14.9 Å². The average molecular weight is 160 g/mol. The van der Waals surface area contributed by atoms with Gasteiger partial charge in [0.25, 0.3) is 5.91 Å². The third kappa shape index (κ3) is 12.4.